The normalized spacial score (nSPS) is 15.2. The molecule has 1 fully saturated rings. The Hall–Kier alpha value is -3.06. The van der Waals surface area contributed by atoms with Crippen LogP contribution in [-0.4, -0.2) is 56.4 Å². The van der Waals surface area contributed by atoms with Crippen molar-refractivity contribution in [2.75, 3.05) is 26.2 Å². The molecule has 0 radical (unpaired) electrons. The van der Waals surface area contributed by atoms with Gasteiger partial charge in [0.2, 0.25) is 5.91 Å². The SMILES string of the molecule is O=C(Cn1c(=O)cnc2ccccc21)N1CCN(Cc2ccncc2)CC1. The van der Waals surface area contributed by atoms with Gasteiger partial charge in [0.05, 0.1) is 17.2 Å². The summed E-state index contributed by atoms with van der Waals surface area (Å²) in [6, 6.07) is 11.4. The van der Waals surface area contributed by atoms with Crippen LogP contribution < -0.4 is 5.56 Å². The number of hydrogen-bond acceptors (Lipinski definition) is 5. The lowest BCUT2D eigenvalue weighted by molar-refractivity contribution is -0.133. The quantitative estimate of drug-likeness (QED) is 0.695. The van der Waals surface area contributed by atoms with Crippen LogP contribution in [0.4, 0.5) is 0 Å². The fourth-order valence-corrected chi connectivity index (χ4v) is 3.41. The van der Waals surface area contributed by atoms with Crippen molar-refractivity contribution < 1.29 is 4.79 Å². The molecule has 0 aliphatic carbocycles. The van der Waals surface area contributed by atoms with Crippen LogP contribution in [-0.2, 0) is 17.9 Å². The predicted octanol–water partition coefficient (Wildman–Crippen LogP) is 1.14. The third kappa shape index (κ3) is 3.88. The summed E-state index contributed by atoms with van der Waals surface area (Å²) in [4.78, 5) is 37.3. The van der Waals surface area contributed by atoms with Crippen LogP contribution in [0.5, 0.6) is 0 Å². The number of fused-ring (bicyclic) bond motifs is 1. The molecule has 7 nitrogen and oxygen atoms in total. The summed E-state index contributed by atoms with van der Waals surface area (Å²) in [6.45, 7) is 3.88. The number of piperazine rings is 1. The van der Waals surface area contributed by atoms with Crippen LogP contribution in [0.2, 0.25) is 0 Å². The fraction of sp³-hybridized carbons (Fsp3) is 0.300. The number of benzene rings is 1. The van der Waals surface area contributed by atoms with Gasteiger partial charge in [0.15, 0.2) is 0 Å². The number of pyridine rings is 1. The maximum absolute atomic E-state index is 12.7. The molecule has 3 heterocycles. The molecule has 1 saturated heterocycles. The lowest BCUT2D eigenvalue weighted by atomic mass is 10.2. The van der Waals surface area contributed by atoms with Crippen molar-refractivity contribution >= 4 is 16.9 Å². The minimum atomic E-state index is -0.252. The maximum Gasteiger partial charge on any atom is 0.269 e. The van der Waals surface area contributed by atoms with Crippen molar-refractivity contribution in [2.24, 2.45) is 0 Å². The highest BCUT2D eigenvalue weighted by atomic mass is 16.2. The molecule has 3 aromatic rings. The van der Waals surface area contributed by atoms with Crippen LogP contribution >= 0.6 is 0 Å². The van der Waals surface area contributed by atoms with Gasteiger partial charge < -0.3 is 4.90 Å². The molecule has 138 valence electrons. The molecule has 7 heteroatoms. The van der Waals surface area contributed by atoms with E-state index in [1.165, 1.54) is 16.3 Å². The summed E-state index contributed by atoms with van der Waals surface area (Å²) in [7, 11) is 0. The van der Waals surface area contributed by atoms with E-state index in [0.29, 0.717) is 24.1 Å². The zero-order chi connectivity index (χ0) is 18.6. The Morgan fingerprint density at radius 1 is 1.00 bits per heavy atom. The highest BCUT2D eigenvalue weighted by Gasteiger charge is 2.22. The summed E-state index contributed by atoms with van der Waals surface area (Å²) in [5.41, 5.74) is 2.37. The molecule has 1 aromatic carbocycles. The number of hydrogen-bond donors (Lipinski definition) is 0. The van der Waals surface area contributed by atoms with Gasteiger partial charge in [0.1, 0.15) is 6.54 Å². The zero-order valence-electron chi connectivity index (χ0n) is 15.0. The lowest BCUT2D eigenvalue weighted by Gasteiger charge is -2.35. The highest BCUT2D eigenvalue weighted by molar-refractivity contribution is 5.80. The van der Waals surface area contributed by atoms with Crippen LogP contribution in [0.1, 0.15) is 5.56 Å². The van der Waals surface area contributed by atoms with E-state index in [1.54, 1.807) is 12.4 Å². The van der Waals surface area contributed by atoms with Gasteiger partial charge in [-0.1, -0.05) is 12.1 Å². The fourth-order valence-electron chi connectivity index (χ4n) is 3.41. The molecule has 27 heavy (non-hydrogen) atoms. The maximum atomic E-state index is 12.7. The average Bonchev–Trinajstić information content (AvgIpc) is 2.71. The van der Waals surface area contributed by atoms with Crippen molar-refractivity contribution in [1.29, 1.82) is 0 Å². The average molecular weight is 363 g/mol. The van der Waals surface area contributed by atoms with Crippen molar-refractivity contribution in [3.63, 3.8) is 0 Å². The second-order valence-electron chi connectivity index (χ2n) is 6.68. The van der Waals surface area contributed by atoms with Crippen LogP contribution in [0.3, 0.4) is 0 Å². The summed E-state index contributed by atoms with van der Waals surface area (Å²) in [5, 5.41) is 0. The molecule has 0 N–H and O–H groups in total. The lowest BCUT2D eigenvalue weighted by Crippen LogP contribution is -2.49. The first-order valence-corrected chi connectivity index (χ1v) is 9.04. The van der Waals surface area contributed by atoms with Crippen molar-refractivity contribution in [3.8, 4) is 0 Å². The summed E-state index contributed by atoms with van der Waals surface area (Å²) in [5.74, 6) is -0.0305. The molecule has 1 amide bonds. The van der Waals surface area contributed by atoms with E-state index in [9.17, 15) is 9.59 Å². The number of nitrogens with zero attached hydrogens (tertiary/aromatic N) is 5. The molecule has 0 bridgehead atoms. The van der Waals surface area contributed by atoms with Gasteiger partial charge in [-0.15, -0.1) is 0 Å². The van der Waals surface area contributed by atoms with E-state index in [-0.39, 0.29) is 18.0 Å². The number of carbonyl (C=O) groups excluding carboxylic acids is 1. The van der Waals surface area contributed by atoms with E-state index in [4.69, 9.17) is 0 Å². The monoisotopic (exact) mass is 363 g/mol. The first kappa shape index (κ1) is 17.4. The minimum Gasteiger partial charge on any atom is -0.339 e. The van der Waals surface area contributed by atoms with Gasteiger partial charge in [0.25, 0.3) is 5.56 Å². The Morgan fingerprint density at radius 2 is 1.74 bits per heavy atom. The molecule has 1 aliphatic heterocycles. The summed E-state index contributed by atoms with van der Waals surface area (Å²) < 4.78 is 1.51. The van der Waals surface area contributed by atoms with E-state index < -0.39 is 0 Å². The first-order chi connectivity index (χ1) is 13.2. The van der Waals surface area contributed by atoms with Gasteiger partial charge in [-0.3, -0.25) is 24.0 Å². The Bertz CT molecular complexity index is 994. The molecule has 2 aromatic heterocycles. The van der Waals surface area contributed by atoms with Gasteiger partial charge in [-0.25, -0.2) is 4.98 Å². The van der Waals surface area contributed by atoms with E-state index in [2.05, 4.69) is 14.9 Å². The van der Waals surface area contributed by atoms with Crippen molar-refractivity contribution in [1.82, 2.24) is 24.3 Å². The standard InChI is InChI=1S/C20H21N5O2/c26-19-13-22-17-3-1-2-4-18(17)25(19)15-20(27)24-11-9-23(10-12-24)14-16-5-7-21-8-6-16/h1-8,13H,9-12,14-15H2. The van der Waals surface area contributed by atoms with Gasteiger partial charge >= 0.3 is 0 Å². The summed E-state index contributed by atoms with van der Waals surface area (Å²) in [6.07, 6.45) is 4.88. The van der Waals surface area contributed by atoms with Crippen LogP contribution in [0.25, 0.3) is 11.0 Å². The highest BCUT2D eigenvalue weighted by Crippen LogP contribution is 2.11. The molecule has 0 atom stereocenters. The molecular weight excluding hydrogens is 342 g/mol. The number of aromatic nitrogens is 3. The van der Waals surface area contributed by atoms with Gasteiger partial charge in [-0.05, 0) is 29.8 Å². The predicted molar refractivity (Wildman–Crippen MR) is 102 cm³/mol. The molecule has 1 aliphatic rings. The molecule has 0 saturated carbocycles. The Kier molecular flexibility index (Phi) is 4.93. The van der Waals surface area contributed by atoms with Gasteiger partial charge in [0, 0.05) is 45.1 Å². The second kappa shape index (κ2) is 7.67. The Labute approximate surface area is 156 Å². The topological polar surface area (TPSA) is 71.3 Å². The van der Waals surface area contributed by atoms with Crippen molar-refractivity contribution in [2.45, 2.75) is 13.1 Å². The number of carbonyl (C=O) groups is 1. The molecule has 4 rings (SSSR count). The van der Waals surface area contributed by atoms with E-state index in [0.717, 1.165) is 19.6 Å². The van der Waals surface area contributed by atoms with E-state index >= 15 is 0 Å². The third-order valence-corrected chi connectivity index (χ3v) is 4.93. The zero-order valence-corrected chi connectivity index (χ0v) is 15.0. The largest absolute Gasteiger partial charge is 0.339 e. The number of amides is 1. The minimum absolute atomic E-state index is 0.0305. The van der Waals surface area contributed by atoms with Gasteiger partial charge in [-0.2, -0.15) is 0 Å². The third-order valence-electron chi connectivity index (χ3n) is 4.93. The smallest absolute Gasteiger partial charge is 0.269 e. The number of rotatable bonds is 4. The Balaban J connectivity index is 1.40. The Morgan fingerprint density at radius 3 is 2.52 bits per heavy atom. The second-order valence-corrected chi connectivity index (χ2v) is 6.68. The summed E-state index contributed by atoms with van der Waals surface area (Å²) >= 11 is 0. The first-order valence-electron chi connectivity index (χ1n) is 9.04. The molecule has 0 unspecified atom stereocenters. The molecule has 0 spiro atoms. The van der Waals surface area contributed by atoms with E-state index in [1.807, 2.05) is 41.3 Å². The van der Waals surface area contributed by atoms with Crippen LogP contribution in [0.15, 0.2) is 59.8 Å². The molecular formula is C20H21N5O2. The van der Waals surface area contributed by atoms with Crippen LogP contribution in [0, 0.1) is 0 Å². The van der Waals surface area contributed by atoms with Crippen molar-refractivity contribution in [3.05, 3.63) is 70.9 Å². The number of para-hydroxylation sites is 2.